The van der Waals surface area contributed by atoms with Crippen LogP contribution in [0.15, 0.2) is 18.2 Å². The Morgan fingerprint density at radius 3 is 2.64 bits per heavy atom. The summed E-state index contributed by atoms with van der Waals surface area (Å²) >= 11 is 0. The Balaban J connectivity index is 1.86. The van der Waals surface area contributed by atoms with Crippen LogP contribution < -0.4 is 0 Å². The lowest BCUT2D eigenvalue weighted by atomic mass is 9.95. The zero-order valence-electron chi connectivity index (χ0n) is 14.5. The SMILES string of the molecule is CC(C)(C)OC(=O)c1nn(-c2ccc(F)cc2F)c2c1C1CCC2C1. The highest BCUT2D eigenvalue weighted by Crippen LogP contribution is 2.54. The van der Waals surface area contributed by atoms with E-state index in [0.717, 1.165) is 36.6 Å². The van der Waals surface area contributed by atoms with E-state index in [9.17, 15) is 13.6 Å². The van der Waals surface area contributed by atoms with Gasteiger partial charge in [-0.15, -0.1) is 0 Å². The van der Waals surface area contributed by atoms with Gasteiger partial charge in [0.1, 0.15) is 17.1 Å². The van der Waals surface area contributed by atoms with E-state index in [1.54, 1.807) is 20.8 Å². The van der Waals surface area contributed by atoms with Crippen LogP contribution in [-0.2, 0) is 4.74 Å². The van der Waals surface area contributed by atoms with E-state index >= 15 is 0 Å². The molecule has 2 bridgehead atoms. The molecule has 2 unspecified atom stereocenters. The first-order chi connectivity index (χ1) is 11.7. The molecule has 0 amide bonds. The Bertz CT molecular complexity index is 867. The van der Waals surface area contributed by atoms with Crippen molar-refractivity contribution in [3.8, 4) is 5.69 Å². The zero-order chi connectivity index (χ0) is 17.9. The molecular formula is C19H20F2N2O2. The van der Waals surface area contributed by atoms with Gasteiger partial charge in [-0.25, -0.2) is 18.3 Å². The van der Waals surface area contributed by atoms with Gasteiger partial charge in [0.2, 0.25) is 0 Å². The minimum atomic E-state index is -0.691. The molecule has 1 aromatic heterocycles. The Morgan fingerprint density at radius 2 is 1.96 bits per heavy atom. The van der Waals surface area contributed by atoms with E-state index in [1.807, 2.05) is 0 Å². The lowest BCUT2D eigenvalue weighted by Crippen LogP contribution is -2.25. The first kappa shape index (κ1) is 16.2. The maximum absolute atomic E-state index is 14.3. The van der Waals surface area contributed by atoms with Crippen molar-refractivity contribution in [1.82, 2.24) is 9.78 Å². The molecule has 1 heterocycles. The molecule has 132 valence electrons. The van der Waals surface area contributed by atoms with Crippen molar-refractivity contribution in [2.24, 2.45) is 0 Å². The summed E-state index contributed by atoms with van der Waals surface area (Å²) < 4.78 is 34.5. The number of halogens is 2. The molecule has 2 aliphatic carbocycles. The van der Waals surface area contributed by atoms with Gasteiger partial charge in [-0.1, -0.05) is 0 Å². The largest absolute Gasteiger partial charge is 0.455 e. The third-order valence-corrected chi connectivity index (χ3v) is 4.92. The van der Waals surface area contributed by atoms with E-state index < -0.39 is 23.2 Å². The molecule has 0 spiro atoms. The lowest BCUT2D eigenvalue weighted by Gasteiger charge is -2.19. The summed E-state index contributed by atoms with van der Waals surface area (Å²) in [4.78, 5) is 12.6. The van der Waals surface area contributed by atoms with E-state index in [-0.39, 0.29) is 23.2 Å². The maximum atomic E-state index is 14.3. The van der Waals surface area contributed by atoms with Gasteiger partial charge in [0.05, 0.1) is 5.69 Å². The Morgan fingerprint density at radius 1 is 1.24 bits per heavy atom. The van der Waals surface area contributed by atoms with E-state index in [2.05, 4.69) is 5.10 Å². The molecule has 1 aromatic carbocycles. The molecule has 2 atom stereocenters. The van der Waals surface area contributed by atoms with Gasteiger partial charge in [-0.2, -0.15) is 5.10 Å². The molecule has 2 aliphatic rings. The van der Waals surface area contributed by atoms with Gasteiger partial charge in [-0.3, -0.25) is 0 Å². The number of benzene rings is 1. The summed E-state index contributed by atoms with van der Waals surface area (Å²) in [6, 6.07) is 3.40. The lowest BCUT2D eigenvalue weighted by molar-refractivity contribution is 0.00606. The molecular weight excluding hydrogens is 326 g/mol. The summed E-state index contributed by atoms with van der Waals surface area (Å²) in [5.74, 6) is -1.30. The van der Waals surface area contributed by atoms with Gasteiger partial charge >= 0.3 is 5.97 Å². The fourth-order valence-corrected chi connectivity index (χ4v) is 4.04. The predicted octanol–water partition coefficient (Wildman–Crippen LogP) is 4.47. The van der Waals surface area contributed by atoms with Crippen LogP contribution in [0, 0.1) is 11.6 Å². The monoisotopic (exact) mass is 346 g/mol. The van der Waals surface area contributed by atoms with Crippen LogP contribution >= 0.6 is 0 Å². The number of esters is 1. The van der Waals surface area contributed by atoms with Crippen LogP contribution in [-0.4, -0.2) is 21.4 Å². The second-order valence-corrected chi connectivity index (χ2v) is 7.86. The molecule has 0 saturated heterocycles. The molecule has 0 aliphatic heterocycles. The topological polar surface area (TPSA) is 44.1 Å². The average molecular weight is 346 g/mol. The van der Waals surface area contributed by atoms with Crippen LogP contribution in [0.5, 0.6) is 0 Å². The highest BCUT2D eigenvalue weighted by atomic mass is 19.1. The fraction of sp³-hybridized carbons (Fsp3) is 0.474. The Labute approximate surface area is 144 Å². The van der Waals surface area contributed by atoms with Crippen LogP contribution in [0.4, 0.5) is 8.78 Å². The number of hydrogen-bond donors (Lipinski definition) is 0. The first-order valence-electron chi connectivity index (χ1n) is 8.56. The van der Waals surface area contributed by atoms with E-state index in [0.29, 0.717) is 0 Å². The summed E-state index contributed by atoms with van der Waals surface area (Å²) in [6.45, 7) is 5.40. The second kappa shape index (κ2) is 5.38. The number of carbonyl (C=O) groups excluding carboxylic acids is 1. The normalized spacial score (nSPS) is 21.5. The third kappa shape index (κ3) is 2.64. The summed E-state index contributed by atoms with van der Waals surface area (Å²) in [6.07, 6.45) is 2.96. The molecule has 0 radical (unpaired) electrons. The minimum Gasteiger partial charge on any atom is -0.455 e. The zero-order valence-corrected chi connectivity index (χ0v) is 14.5. The first-order valence-corrected chi connectivity index (χ1v) is 8.56. The Hall–Kier alpha value is -2.24. The van der Waals surface area contributed by atoms with E-state index in [1.165, 1.54) is 16.8 Å². The summed E-state index contributed by atoms with van der Waals surface area (Å²) in [5.41, 5.74) is 1.56. The smallest absolute Gasteiger partial charge is 0.359 e. The van der Waals surface area contributed by atoms with Crippen molar-refractivity contribution in [3.63, 3.8) is 0 Å². The average Bonchev–Trinajstić information content (AvgIpc) is 3.17. The van der Waals surface area contributed by atoms with E-state index in [4.69, 9.17) is 4.74 Å². The van der Waals surface area contributed by atoms with Crippen molar-refractivity contribution in [3.05, 3.63) is 46.8 Å². The van der Waals surface area contributed by atoms with Crippen molar-refractivity contribution >= 4 is 5.97 Å². The molecule has 4 rings (SSSR count). The third-order valence-electron chi connectivity index (χ3n) is 4.92. The standard InChI is InChI=1S/C19H20F2N2O2/c1-19(2,3)25-18(24)16-15-10-4-5-11(8-10)17(15)23(22-16)14-7-6-12(20)9-13(14)21/h6-7,9-11H,4-5,8H2,1-3H3. The highest BCUT2D eigenvalue weighted by molar-refractivity contribution is 5.90. The molecule has 2 aromatic rings. The van der Waals surface area contributed by atoms with Crippen molar-refractivity contribution < 1.29 is 18.3 Å². The quantitative estimate of drug-likeness (QED) is 0.754. The number of nitrogens with zero attached hydrogens (tertiary/aromatic N) is 2. The molecule has 4 nitrogen and oxygen atoms in total. The van der Waals surface area contributed by atoms with Crippen molar-refractivity contribution in [2.45, 2.75) is 57.5 Å². The fourth-order valence-electron chi connectivity index (χ4n) is 4.04. The van der Waals surface area contributed by atoms with Crippen LogP contribution in [0.2, 0.25) is 0 Å². The van der Waals surface area contributed by atoms with Crippen LogP contribution in [0.1, 0.15) is 73.6 Å². The summed E-state index contributed by atoms with van der Waals surface area (Å²) in [7, 11) is 0. The van der Waals surface area contributed by atoms with Crippen molar-refractivity contribution in [1.29, 1.82) is 0 Å². The van der Waals surface area contributed by atoms with Crippen molar-refractivity contribution in [2.75, 3.05) is 0 Å². The molecule has 0 N–H and O–H groups in total. The molecule has 25 heavy (non-hydrogen) atoms. The number of hydrogen-bond acceptors (Lipinski definition) is 3. The molecule has 1 saturated carbocycles. The van der Waals surface area contributed by atoms with Gasteiger partial charge in [0.15, 0.2) is 11.5 Å². The van der Waals surface area contributed by atoms with Crippen LogP contribution in [0.3, 0.4) is 0 Å². The second-order valence-electron chi connectivity index (χ2n) is 7.86. The van der Waals surface area contributed by atoms with Crippen LogP contribution in [0.25, 0.3) is 5.69 Å². The summed E-state index contributed by atoms with van der Waals surface area (Å²) in [5, 5.41) is 4.40. The minimum absolute atomic E-state index is 0.167. The number of carbonyl (C=O) groups is 1. The number of aromatic nitrogens is 2. The molecule has 6 heteroatoms. The van der Waals surface area contributed by atoms with Gasteiger partial charge < -0.3 is 4.74 Å². The van der Waals surface area contributed by atoms with Gasteiger partial charge in [0.25, 0.3) is 0 Å². The number of ether oxygens (including phenoxy) is 1. The van der Waals surface area contributed by atoms with Gasteiger partial charge in [0, 0.05) is 17.5 Å². The van der Waals surface area contributed by atoms with Gasteiger partial charge in [-0.05, 0) is 58.1 Å². The Kier molecular flexibility index (Phi) is 3.49. The maximum Gasteiger partial charge on any atom is 0.359 e. The molecule has 1 fully saturated rings. The highest BCUT2D eigenvalue weighted by Gasteiger charge is 2.45. The predicted molar refractivity (Wildman–Crippen MR) is 88.0 cm³/mol. The number of fused-ring (bicyclic) bond motifs is 5. The number of rotatable bonds is 2.